The summed E-state index contributed by atoms with van der Waals surface area (Å²) in [5, 5.41) is 6.22. The van der Waals surface area contributed by atoms with E-state index in [2.05, 4.69) is 10.5 Å². The molecular formula is C19H18N2O3S. The van der Waals surface area contributed by atoms with Crippen molar-refractivity contribution in [2.45, 2.75) is 17.1 Å². The van der Waals surface area contributed by atoms with E-state index in [9.17, 15) is 4.79 Å². The Hall–Kier alpha value is -2.73. The van der Waals surface area contributed by atoms with E-state index < -0.39 is 5.25 Å². The number of methoxy groups -OCH3 is 1. The number of hydrogen-bond acceptors (Lipinski definition) is 5. The maximum atomic E-state index is 12.8. The molecule has 0 unspecified atom stereocenters. The van der Waals surface area contributed by atoms with Crippen LogP contribution in [0.2, 0.25) is 0 Å². The second kappa shape index (κ2) is 7.90. The van der Waals surface area contributed by atoms with Crippen LogP contribution in [0, 0.1) is 6.92 Å². The SMILES string of the molecule is COc1cccc(S[C@H](C(=O)Nc2cc(C)on2)c2ccccc2)c1. The molecule has 0 spiro atoms. The minimum Gasteiger partial charge on any atom is -0.497 e. The summed E-state index contributed by atoms with van der Waals surface area (Å²) in [6.07, 6.45) is 0. The number of thioether (sulfide) groups is 1. The van der Waals surface area contributed by atoms with Crippen molar-refractivity contribution in [1.29, 1.82) is 0 Å². The fourth-order valence-electron chi connectivity index (χ4n) is 2.33. The van der Waals surface area contributed by atoms with E-state index in [0.29, 0.717) is 11.6 Å². The molecule has 6 heteroatoms. The van der Waals surface area contributed by atoms with Crippen molar-refractivity contribution in [2.24, 2.45) is 0 Å². The molecule has 0 aliphatic carbocycles. The Balaban J connectivity index is 1.85. The summed E-state index contributed by atoms with van der Waals surface area (Å²) in [5.41, 5.74) is 0.910. The van der Waals surface area contributed by atoms with Crippen molar-refractivity contribution in [3.63, 3.8) is 0 Å². The van der Waals surface area contributed by atoms with E-state index in [1.165, 1.54) is 11.8 Å². The van der Waals surface area contributed by atoms with E-state index in [4.69, 9.17) is 9.26 Å². The van der Waals surface area contributed by atoms with Crippen molar-refractivity contribution in [2.75, 3.05) is 12.4 Å². The Kier molecular flexibility index (Phi) is 5.40. The van der Waals surface area contributed by atoms with Gasteiger partial charge in [0, 0.05) is 11.0 Å². The van der Waals surface area contributed by atoms with Crippen LogP contribution in [-0.4, -0.2) is 18.2 Å². The molecule has 0 saturated carbocycles. The summed E-state index contributed by atoms with van der Waals surface area (Å²) >= 11 is 1.46. The minimum atomic E-state index is -0.426. The van der Waals surface area contributed by atoms with Crippen LogP contribution < -0.4 is 10.1 Å². The molecule has 0 aliphatic rings. The normalized spacial score (nSPS) is 11.8. The lowest BCUT2D eigenvalue weighted by Gasteiger charge is -2.16. The number of carbonyl (C=O) groups is 1. The molecule has 3 rings (SSSR count). The van der Waals surface area contributed by atoms with Crippen LogP contribution in [0.15, 0.2) is 70.1 Å². The number of hydrogen-bond donors (Lipinski definition) is 1. The van der Waals surface area contributed by atoms with Gasteiger partial charge in [0.2, 0.25) is 5.91 Å². The van der Waals surface area contributed by atoms with Gasteiger partial charge in [-0.05, 0) is 30.7 Å². The van der Waals surface area contributed by atoms with E-state index in [0.717, 1.165) is 16.2 Å². The van der Waals surface area contributed by atoms with Gasteiger partial charge in [-0.3, -0.25) is 4.79 Å². The van der Waals surface area contributed by atoms with Crippen LogP contribution in [0.3, 0.4) is 0 Å². The van der Waals surface area contributed by atoms with E-state index in [-0.39, 0.29) is 5.91 Å². The molecule has 0 fully saturated rings. The number of anilines is 1. The Morgan fingerprint density at radius 2 is 1.96 bits per heavy atom. The summed E-state index contributed by atoms with van der Waals surface area (Å²) in [6.45, 7) is 1.78. The summed E-state index contributed by atoms with van der Waals surface area (Å²) in [6, 6.07) is 19.0. The van der Waals surface area contributed by atoms with E-state index in [1.54, 1.807) is 20.1 Å². The molecule has 0 aliphatic heterocycles. The van der Waals surface area contributed by atoms with Crippen LogP contribution in [0.5, 0.6) is 5.75 Å². The average molecular weight is 354 g/mol. The highest BCUT2D eigenvalue weighted by Gasteiger charge is 2.23. The van der Waals surface area contributed by atoms with E-state index >= 15 is 0 Å². The summed E-state index contributed by atoms with van der Waals surface area (Å²) in [5.74, 6) is 1.65. The molecule has 3 aromatic rings. The quantitative estimate of drug-likeness (QED) is 0.662. The number of aryl methyl sites for hydroxylation is 1. The van der Waals surface area contributed by atoms with Gasteiger partial charge in [-0.15, -0.1) is 11.8 Å². The zero-order valence-corrected chi connectivity index (χ0v) is 14.7. The van der Waals surface area contributed by atoms with Gasteiger partial charge >= 0.3 is 0 Å². The number of benzene rings is 2. The second-order valence-electron chi connectivity index (χ2n) is 5.40. The van der Waals surface area contributed by atoms with E-state index in [1.807, 2.05) is 54.6 Å². The largest absolute Gasteiger partial charge is 0.497 e. The number of aromatic nitrogens is 1. The number of carbonyl (C=O) groups excluding carboxylic acids is 1. The van der Waals surface area contributed by atoms with Gasteiger partial charge in [-0.25, -0.2) is 0 Å². The Morgan fingerprint density at radius 1 is 1.16 bits per heavy atom. The lowest BCUT2D eigenvalue weighted by molar-refractivity contribution is -0.115. The lowest BCUT2D eigenvalue weighted by Crippen LogP contribution is -2.19. The van der Waals surface area contributed by atoms with Gasteiger partial charge in [0.25, 0.3) is 0 Å². The highest BCUT2D eigenvalue weighted by Crippen LogP contribution is 2.37. The molecule has 1 N–H and O–H groups in total. The van der Waals surface area contributed by atoms with Crippen molar-refractivity contribution in [3.8, 4) is 5.75 Å². The Labute approximate surface area is 150 Å². The number of nitrogens with zero attached hydrogens (tertiary/aromatic N) is 1. The lowest BCUT2D eigenvalue weighted by atomic mass is 10.1. The third-order valence-electron chi connectivity index (χ3n) is 3.51. The molecule has 128 valence electrons. The second-order valence-corrected chi connectivity index (χ2v) is 6.58. The zero-order chi connectivity index (χ0) is 17.6. The molecule has 1 amide bonds. The molecule has 0 radical (unpaired) electrons. The molecule has 1 atom stereocenters. The zero-order valence-electron chi connectivity index (χ0n) is 13.9. The van der Waals surface area contributed by atoms with Gasteiger partial charge in [-0.1, -0.05) is 41.6 Å². The third-order valence-corrected chi connectivity index (χ3v) is 4.76. The maximum Gasteiger partial charge on any atom is 0.243 e. The van der Waals surface area contributed by atoms with Gasteiger partial charge in [0.05, 0.1) is 7.11 Å². The summed E-state index contributed by atoms with van der Waals surface area (Å²) < 4.78 is 10.3. The fourth-order valence-corrected chi connectivity index (χ4v) is 3.40. The first-order valence-electron chi connectivity index (χ1n) is 7.75. The van der Waals surface area contributed by atoms with Crippen LogP contribution in [-0.2, 0) is 4.79 Å². The average Bonchev–Trinajstić information content (AvgIpc) is 3.05. The first-order valence-corrected chi connectivity index (χ1v) is 8.63. The maximum absolute atomic E-state index is 12.8. The van der Waals surface area contributed by atoms with Crippen LogP contribution in [0.25, 0.3) is 0 Å². The van der Waals surface area contributed by atoms with Crippen LogP contribution >= 0.6 is 11.8 Å². The molecule has 0 bridgehead atoms. The minimum absolute atomic E-state index is 0.160. The van der Waals surface area contributed by atoms with Gasteiger partial charge in [0.1, 0.15) is 16.8 Å². The van der Waals surface area contributed by atoms with Gasteiger partial charge in [0.15, 0.2) is 5.82 Å². The van der Waals surface area contributed by atoms with Gasteiger partial charge < -0.3 is 14.6 Å². The predicted molar refractivity (Wildman–Crippen MR) is 97.9 cm³/mol. The van der Waals surface area contributed by atoms with Crippen molar-refractivity contribution >= 4 is 23.5 Å². The molecule has 5 nitrogen and oxygen atoms in total. The fraction of sp³-hybridized carbons (Fsp3) is 0.158. The summed E-state index contributed by atoms with van der Waals surface area (Å²) in [4.78, 5) is 13.8. The molecule has 0 saturated heterocycles. The number of amides is 1. The standard InChI is InChI=1S/C19H18N2O3S/c1-13-11-17(21-24-13)20-19(22)18(14-7-4-3-5-8-14)25-16-10-6-9-15(12-16)23-2/h3-12,18H,1-2H3,(H,20,21,22)/t18-/m0/s1. The molecule has 1 heterocycles. The molecule has 1 aromatic heterocycles. The number of rotatable bonds is 6. The third kappa shape index (κ3) is 4.42. The number of nitrogens with one attached hydrogen (secondary N) is 1. The van der Waals surface area contributed by atoms with Gasteiger partial charge in [-0.2, -0.15) is 0 Å². The van der Waals surface area contributed by atoms with Crippen LogP contribution in [0.4, 0.5) is 5.82 Å². The molecular weight excluding hydrogens is 336 g/mol. The Morgan fingerprint density at radius 3 is 2.64 bits per heavy atom. The monoisotopic (exact) mass is 354 g/mol. The first kappa shape index (κ1) is 17.1. The van der Waals surface area contributed by atoms with Crippen molar-refractivity contribution in [1.82, 2.24) is 5.16 Å². The first-order chi connectivity index (χ1) is 12.2. The highest BCUT2D eigenvalue weighted by molar-refractivity contribution is 8.00. The number of ether oxygens (including phenoxy) is 1. The smallest absolute Gasteiger partial charge is 0.243 e. The van der Waals surface area contributed by atoms with Crippen molar-refractivity contribution < 1.29 is 14.1 Å². The molecule has 2 aromatic carbocycles. The highest BCUT2D eigenvalue weighted by atomic mass is 32.2. The summed E-state index contributed by atoms with van der Waals surface area (Å²) in [7, 11) is 1.62. The topological polar surface area (TPSA) is 64.4 Å². The van der Waals surface area contributed by atoms with Crippen LogP contribution in [0.1, 0.15) is 16.6 Å². The predicted octanol–water partition coefficient (Wildman–Crippen LogP) is 4.46. The van der Waals surface area contributed by atoms with Crippen molar-refractivity contribution in [3.05, 3.63) is 72.0 Å². The molecule has 25 heavy (non-hydrogen) atoms. The Bertz CT molecular complexity index is 849.